The van der Waals surface area contributed by atoms with Crippen molar-refractivity contribution in [3.63, 3.8) is 0 Å². The van der Waals surface area contributed by atoms with Gasteiger partial charge in [0, 0.05) is 11.6 Å². The van der Waals surface area contributed by atoms with E-state index in [0.29, 0.717) is 17.0 Å². The molecule has 0 atom stereocenters. The van der Waals surface area contributed by atoms with E-state index in [-0.39, 0.29) is 6.54 Å². The molecule has 0 aliphatic heterocycles. The number of aromatic hydroxyl groups is 1. The summed E-state index contributed by atoms with van der Waals surface area (Å²) in [5, 5.41) is 10.7. The van der Waals surface area contributed by atoms with Crippen LogP contribution in [0.25, 0.3) is 6.08 Å². The third kappa shape index (κ3) is 4.02. The van der Waals surface area contributed by atoms with Crippen molar-refractivity contribution in [2.45, 2.75) is 26.3 Å². The Hall–Kier alpha value is -2.60. The number of nitrogens with one attached hydrogen (secondary N) is 1. The monoisotopic (exact) mass is 348 g/mol. The van der Waals surface area contributed by atoms with Crippen molar-refractivity contribution in [2.24, 2.45) is 0 Å². The normalized spacial score (nSPS) is 11.1. The van der Waals surface area contributed by atoms with Crippen LogP contribution in [-0.4, -0.2) is 20.4 Å². The van der Waals surface area contributed by atoms with Crippen molar-refractivity contribution in [1.29, 1.82) is 0 Å². The van der Waals surface area contributed by atoms with Crippen molar-refractivity contribution in [3.8, 4) is 5.88 Å². The SMILES string of the molecule is CCCCn1c(O)c(C(=O)C=Cc2ccc(Cl)cc2)c(=O)[nH]c1=O. The van der Waals surface area contributed by atoms with Crippen LogP contribution in [0, 0.1) is 0 Å². The third-order valence-corrected chi connectivity index (χ3v) is 3.70. The lowest BCUT2D eigenvalue weighted by molar-refractivity contribution is 0.104. The summed E-state index contributed by atoms with van der Waals surface area (Å²) in [5.74, 6) is -1.29. The number of halogens is 1. The smallest absolute Gasteiger partial charge is 0.331 e. The average Bonchev–Trinajstić information content (AvgIpc) is 2.54. The number of rotatable bonds is 6. The maximum absolute atomic E-state index is 12.3. The molecule has 0 unspecified atom stereocenters. The van der Waals surface area contributed by atoms with Gasteiger partial charge < -0.3 is 5.11 Å². The van der Waals surface area contributed by atoms with Crippen LogP contribution < -0.4 is 11.2 Å². The number of nitrogens with zero attached hydrogens (tertiary/aromatic N) is 1. The Kier molecular flexibility index (Phi) is 5.76. The van der Waals surface area contributed by atoms with E-state index >= 15 is 0 Å². The molecule has 0 spiro atoms. The fourth-order valence-corrected chi connectivity index (χ4v) is 2.26. The highest BCUT2D eigenvalue weighted by atomic mass is 35.5. The minimum atomic E-state index is -0.906. The van der Waals surface area contributed by atoms with Crippen molar-refractivity contribution in [3.05, 3.63) is 67.3 Å². The number of H-pyrrole nitrogens is 1. The Balaban J connectivity index is 2.36. The van der Waals surface area contributed by atoms with Crippen LogP contribution in [0.4, 0.5) is 0 Å². The Labute approximate surface area is 143 Å². The Morgan fingerprint density at radius 1 is 1.29 bits per heavy atom. The predicted molar refractivity (Wildman–Crippen MR) is 92.7 cm³/mol. The molecular formula is C17H17ClN2O4. The second kappa shape index (κ2) is 7.79. The molecule has 2 rings (SSSR count). The fourth-order valence-electron chi connectivity index (χ4n) is 2.13. The maximum atomic E-state index is 12.3. The van der Waals surface area contributed by atoms with Gasteiger partial charge in [0.25, 0.3) is 5.56 Å². The topological polar surface area (TPSA) is 92.2 Å². The summed E-state index contributed by atoms with van der Waals surface area (Å²) in [6.45, 7) is 2.15. The average molecular weight is 349 g/mol. The number of carbonyl (C=O) groups excluding carboxylic acids is 1. The van der Waals surface area contributed by atoms with Crippen LogP contribution in [-0.2, 0) is 6.54 Å². The number of unbranched alkanes of at least 4 members (excludes halogenated alkanes) is 1. The maximum Gasteiger partial charge on any atom is 0.331 e. The molecule has 2 N–H and O–H groups in total. The van der Waals surface area contributed by atoms with Gasteiger partial charge in [0.05, 0.1) is 0 Å². The van der Waals surface area contributed by atoms with Gasteiger partial charge in [-0.05, 0) is 30.2 Å². The van der Waals surface area contributed by atoms with E-state index in [1.165, 1.54) is 12.2 Å². The van der Waals surface area contributed by atoms with Crippen LogP contribution in [0.15, 0.2) is 39.9 Å². The number of aromatic amines is 1. The highest BCUT2D eigenvalue weighted by molar-refractivity contribution is 6.30. The van der Waals surface area contributed by atoms with Crippen LogP contribution in [0.1, 0.15) is 35.7 Å². The fraction of sp³-hybridized carbons (Fsp3) is 0.235. The Morgan fingerprint density at radius 2 is 1.96 bits per heavy atom. The Morgan fingerprint density at radius 3 is 2.58 bits per heavy atom. The first kappa shape index (κ1) is 17.7. The lowest BCUT2D eigenvalue weighted by atomic mass is 10.1. The first-order valence-electron chi connectivity index (χ1n) is 7.48. The summed E-state index contributed by atoms with van der Waals surface area (Å²) in [6.07, 6.45) is 4.10. The van der Waals surface area contributed by atoms with E-state index in [1.807, 2.05) is 6.92 Å². The van der Waals surface area contributed by atoms with Gasteiger partial charge in [-0.15, -0.1) is 0 Å². The van der Waals surface area contributed by atoms with Gasteiger partial charge in [-0.3, -0.25) is 19.1 Å². The third-order valence-electron chi connectivity index (χ3n) is 3.45. The molecule has 0 bridgehead atoms. The summed E-state index contributed by atoms with van der Waals surface area (Å²) < 4.78 is 0.994. The highest BCUT2D eigenvalue weighted by Crippen LogP contribution is 2.14. The van der Waals surface area contributed by atoms with Crippen molar-refractivity contribution in [1.82, 2.24) is 9.55 Å². The number of hydrogen-bond donors (Lipinski definition) is 2. The van der Waals surface area contributed by atoms with Crippen LogP contribution in [0.2, 0.25) is 5.02 Å². The van der Waals surface area contributed by atoms with Crippen molar-refractivity contribution < 1.29 is 9.90 Å². The van der Waals surface area contributed by atoms with Gasteiger partial charge in [-0.25, -0.2) is 4.79 Å². The predicted octanol–water partition coefficient (Wildman–Crippen LogP) is 2.59. The summed E-state index contributed by atoms with van der Waals surface area (Å²) in [5.41, 5.74) is -1.38. The molecule has 0 fully saturated rings. The summed E-state index contributed by atoms with van der Waals surface area (Å²) in [6, 6.07) is 6.75. The van der Waals surface area contributed by atoms with E-state index in [1.54, 1.807) is 24.3 Å². The summed E-state index contributed by atoms with van der Waals surface area (Å²) in [4.78, 5) is 38.0. The molecule has 2 aromatic rings. The van der Waals surface area contributed by atoms with Gasteiger partial charge in [0.2, 0.25) is 5.88 Å². The molecule has 7 heteroatoms. The lowest BCUT2D eigenvalue weighted by Crippen LogP contribution is -2.33. The molecular weight excluding hydrogens is 332 g/mol. The largest absolute Gasteiger partial charge is 0.494 e. The van der Waals surface area contributed by atoms with Gasteiger partial charge in [-0.2, -0.15) is 0 Å². The number of ketones is 1. The number of aromatic nitrogens is 2. The minimum absolute atomic E-state index is 0.221. The molecule has 1 aromatic heterocycles. The van der Waals surface area contributed by atoms with E-state index < -0.39 is 28.5 Å². The van der Waals surface area contributed by atoms with E-state index in [0.717, 1.165) is 11.0 Å². The molecule has 1 aromatic carbocycles. The second-order valence-electron chi connectivity index (χ2n) is 5.21. The molecule has 0 amide bonds. The standard InChI is InChI=1S/C17H17ClN2O4/c1-2-3-10-20-16(23)14(15(22)19-17(20)24)13(21)9-6-11-4-7-12(18)8-5-11/h4-9,23H,2-3,10H2,1H3,(H,19,22,24). The molecule has 24 heavy (non-hydrogen) atoms. The summed E-state index contributed by atoms with van der Waals surface area (Å²) in [7, 11) is 0. The zero-order chi connectivity index (χ0) is 17.7. The van der Waals surface area contributed by atoms with E-state index in [4.69, 9.17) is 11.6 Å². The number of benzene rings is 1. The summed E-state index contributed by atoms with van der Waals surface area (Å²) >= 11 is 5.78. The van der Waals surface area contributed by atoms with Crippen molar-refractivity contribution in [2.75, 3.05) is 0 Å². The molecule has 0 radical (unpaired) electrons. The number of carbonyl (C=O) groups is 1. The van der Waals surface area contributed by atoms with Crippen molar-refractivity contribution >= 4 is 23.5 Å². The first-order valence-corrected chi connectivity index (χ1v) is 7.86. The van der Waals surface area contributed by atoms with E-state index in [2.05, 4.69) is 4.98 Å². The first-order chi connectivity index (χ1) is 11.4. The van der Waals surface area contributed by atoms with Crippen LogP contribution >= 0.6 is 11.6 Å². The quantitative estimate of drug-likeness (QED) is 0.620. The van der Waals surface area contributed by atoms with E-state index in [9.17, 15) is 19.5 Å². The van der Waals surface area contributed by atoms with Gasteiger partial charge in [0.15, 0.2) is 5.78 Å². The highest BCUT2D eigenvalue weighted by Gasteiger charge is 2.18. The lowest BCUT2D eigenvalue weighted by Gasteiger charge is -2.09. The molecule has 6 nitrogen and oxygen atoms in total. The van der Waals surface area contributed by atoms with Gasteiger partial charge >= 0.3 is 5.69 Å². The number of hydrogen-bond acceptors (Lipinski definition) is 4. The minimum Gasteiger partial charge on any atom is -0.494 e. The van der Waals surface area contributed by atoms with Gasteiger partial charge in [-0.1, -0.05) is 43.2 Å². The molecule has 0 aliphatic carbocycles. The molecule has 0 saturated heterocycles. The van der Waals surface area contributed by atoms with Crippen LogP contribution in [0.3, 0.4) is 0 Å². The number of allylic oxidation sites excluding steroid dienone is 1. The zero-order valence-corrected chi connectivity index (χ0v) is 13.8. The van der Waals surface area contributed by atoms with Gasteiger partial charge in [0.1, 0.15) is 5.56 Å². The van der Waals surface area contributed by atoms with Crippen LogP contribution in [0.5, 0.6) is 5.88 Å². The molecule has 1 heterocycles. The zero-order valence-electron chi connectivity index (χ0n) is 13.1. The molecule has 0 saturated carbocycles. The Bertz CT molecular complexity index is 879. The molecule has 0 aliphatic rings. The second-order valence-corrected chi connectivity index (χ2v) is 5.65. The molecule has 126 valence electrons.